The van der Waals surface area contributed by atoms with Crippen molar-refractivity contribution in [2.45, 2.75) is 26.7 Å². The number of carboxylic acids is 1. The summed E-state index contributed by atoms with van der Waals surface area (Å²) >= 11 is 0. The summed E-state index contributed by atoms with van der Waals surface area (Å²) in [7, 11) is 0. The molecule has 4 atom stereocenters. The van der Waals surface area contributed by atoms with Gasteiger partial charge in [0, 0.05) is 6.07 Å². The number of carboxylic acid groups (broad SMARTS) is 1. The lowest BCUT2D eigenvalue weighted by molar-refractivity contribution is -0.148. The number of aromatic nitrogens is 1. The molecule has 0 unspecified atom stereocenters. The SMILES string of the molecule is CC(C)=C1[C@H]2CC[C@@H]1[C@@H](C(=O)Nc1ccon1)[C@H]2C(=O)O. The van der Waals surface area contributed by atoms with Crippen LogP contribution in [-0.2, 0) is 9.59 Å². The first-order chi connectivity index (χ1) is 10.0. The molecule has 1 aromatic heterocycles. The van der Waals surface area contributed by atoms with Crippen molar-refractivity contribution in [3.05, 3.63) is 23.5 Å². The smallest absolute Gasteiger partial charge is 0.307 e. The summed E-state index contributed by atoms with van der Waals surface area (Å²) in [5, 5.41) is 15.9. The van der Waals surface area contributed by atoms with Crippen LogP contribution in [0.15, 0.2) is 28.0 Å². The Balaban J connectivity index is 1.91. The zero-order valence-corrected chi connectivity index (χ0v) is 12.0. The molecule has 2 aliphatic rings. The maximum absolute atomic E-state index is 12.5. The minimum absolute atomic E-state index is 0.00874. The molecule has 0 aliphatic heterocycles. The number of hydrogen-bond acceptors (Lipinski definition) is 4. The molecule has 2 bridgehead atoms. The van der Waals surface area contributed by atoms with Crippen LogP contribution in [0.4, 0.5) is 5.82 Å². The number of anilines is 1. The van der Waals surface area contributed by atoms with E-state index in [2.05, 4.69) is 15.0 Å². The van der Waals surface area contributed by atoms with E-state index in [1.54, 1.807) is 6.07 Å². The largest absolute Gasteiger partial charge is 0.481 e. The highest BCUT2D eigenvalue weighted by Crippen LogP contribution is 2.57. The molecule has 1 aromatic rings. The minimum Gasteiger partial charge on any atom is -0.481 e. The number of amides is 1. The molecule has 1 heterocycles. The molecule has 0 radical (unpaired) electrons. The lowest BCUT2D eigenvalue weighted by atomic mass is 9.79. The number of allylic oxidation sites excluding steroid dienone is 2. The van der Waals surface area contributed by atoms with Crippen LogP contribution >= 0.6 is 0 Å². The molecule has 6 nitrogen and oxygen atoms in total. The monoisotopic (exact) mass is 290 g/mol. The molecule has 2 aliphatic carbocycles. The molecule has 6 heteroatoms. The number of carbonyl (C=O) groups excluding carboxylic acids is 1. The van der Waals surface area contributed by atoms with E-state index >= 15 is 0 Å². The van der Waals surface area contributed by atoms with Gasteiger partial charge in [-0.3, -0.25) is 9.59 Å². The second kappa shape index (κ2) is 5.02. The highest BCUT2D eigenvalue weighted by Gasteiger charge is 2.57. The summed E-state index contributed by atoms with van der Waals surface area (Å²) < 4.78 is 4.68. The minimum atomic E-state index is -0.888. The van der Waals surface area contributed by atoms with Crippen LogP contribution in [0.1, 0.15) is 26.7 Å². The van der Waals surface area contributed by atoms with Crippen molar-refractivity contribution >= 4 is 17.7 Å². The number of nitrogens with one attached hydrogen (secondary N) is 1. The van der Waals surface area contributed by atoms with E-state index in [9.17, 15) is 14.7 Å². The Labute approximate surface area is 122 Å². The van der Waals surface area contributed by atoms with Gasteiger partial charge < -0.3 is 14.9 Å². The van der Waals surface area contributed by atoms with Crippen molar-refractivity contribution in [3.8, 4) is 0 Å². The molecular weight excluding hydrogens is 272 g/mol. The first-order valence-electron chi connectivity index (χ1n) is 7.12. The number of nitrogens with zero attached hydrogens (tertiary/aromatic N) is 1. The number of carbonyl (C=O) groups is 2. The predicted molar refractivity (Wildman–Crippen MR) is 74.3 cm³/mol. The molecule has 2 N–H and O–H groups in total. The molecular formula is C15H18N2O4. The fraction of sp³-hybridized carbons (Fsp3) is 0.533. The van der Waals surface area contributed by atoms with Gasteiger partial charge in [-0.25, -0.2) is 0 Å². The van der Waals surface area contributed by atoms with Crippen LogP contribution in [0.5, 0.6) is 0 Å². The van der Waals surface area contributed by atoms with Gasteiger partial charge in [0.2, 0.25) is 5.91 Å². The average Bonchev–Trinajstić information content (AvgIpc) is 3.11. The van der Waals surface area contributed by atoms with E-state index in [1.807, 2.05) is 13.8 Å². The van der Waals surface area contributed by atoms with E-state index in [4.69, 9.17) is 0 Å². The summed E-state index contributed by atoms with van der Waals surface area (Å²) in [5.74, 6) is -1.98. The van der Waals surface area contributed by atoms with Crippen molar-refractivity contribution < 1.29 is 19.2 Å². The van der Waals surface area contributed by atoms with Gasteiger partial charge in [0.15, 0.2) is 5.82 Å². The van der Waals surface area contributed by atoms with Crippen LogP contribution in [0.3, 0.4) is 0 Å². The maximum atomic E-state index is 12.5. The quantitative estimate of drug-likeness (QED) is 0.833. The van der Waals surface area contributed by atoms with Crippen molar-refractivity contribution in [1.82, 2.24) is 5.16 Å². The van der Waals surface area contributed by atoms with Crippen molar-refractivity contribution in [2.75, 3.05) is 5.32 Å². The Morgan fingerprint density at radius 2 is 1.95 bits per heavy atom. The van der Waals surface area contributed by atoms with Crippen LogP contribution in [-0.4, -0.2) is 22.1 Å². The first kappa shape index (κ1) is 13.9. The Morgan fingerprint density at radius 3 is 2.48 bits per heavy atom. The molecule has 21 heavy (non-hydrogen) atoms. The van der Waals surface area contributed by atoms with E-state index in [0.29, 0.717) is 5.82 Å². The van der Waals surface area contributed by atoms with E-state index in [0.717, 1.165) is 18.4 Å². The summed E-state index contributed by atoms with van der Waals surface area (Å²) in [4.78, 5) is 24.1. The van der Waals surface area contributed by atoms with Crippen molar-refractivity contribution in [2.24, 2.45) is 23.7 Å². The molecule has 2 fully saturated rings. The topological polar surface area (TPSA) is 92.4 Å². The normalized spacial score (nSPS) is 30.5. The molecule has 1 amide bonds. The van der Waals surface area contributed by atoms with Gasteiger partial charge in [0.25, 0.3) is 0 Å². The Morgan fingerprint density at radius 1 is 1.29 bits per heavy atom. The van der Waals surface area contributed by atoms with Gasteiger partial charge in [-0.2, -0.15) is 0 Å². The van der Waals surface area contributed by atoms with Gasteiger partial charge in [-0.15, -0.1) is 0 Å². The molecule has 0 spiro atoms. The Kier molecular flexibility index (Phi) is 3.31. The lowest BCUT2D eigenvalue weighted by Crippen LogP contribution is -2.37. The number of rotatable bonds is 3. The molecule has 3 rings (SSSR count). The van der Waals surface area contributed by atoms with Crippen LogP contribution in [0, 0.1) is 23.7 Å². The zero-order chi connectivity index (χ0) is 15.1. The van der Waals surface area contributed by atoms with E-state index in [-0.39, 0.29) is 17.7 Å². The molecule has 2 saturated carbocycles. The van der Waals surface area contributed by atoms with Gasteiger partial charge in [-0.1, -0.05) is 16.3 Å². The lowest BCUT2D eigenvalue weighted by Gasteiger charge is -2.25. The van der Waals surface area contributed by atoms with Gasteiger partial charge in [0.1, 0.15) is 6.26 Å². The third kappa shape index (κ3) is 2.14. The average molecular weight is 290 g/mol. The Bertz CT molecular complexity index is 601. The molecule has 0 saturated heterocycles. The van der Waals surface area contributed by atoms with Crippen LogP contribution < -0.4 is 5.32 Å². The third-order valence-corrected chi connectivity index (χ3v) is 4.70. The standard InChI is InChI=1S/C15H18N2O4/c1-7(2)11-8-3-4-9(11)13(15(19)20)12(8)14(18)16-10-5-6-21-17-10/h5-6,8-9,12-13H,3-4H2,1-2H3,(H,19,20)(H,16,17,18)/t8-,9+,12+,13-/m0/s1. The highest BCUT2D eigenvalue weighted by atomic mass is 16.5. The number of aliphatic carboxylic acids is 1. The first-order valence-corrected chi connectivity index (χ1v) is 7.12. The third-order valence-electron chi connectivity index (χ3n) is 4.70. The highest BCUT2D eigenvalue weighted by molar-refractivity contribution is 5.96. The van der Waals surface area contributed by atoms with Crippen molar-refractivity contribution in [3.63, 3.8) is 0 Å². The molecule has 112 valence electrons. The fourth-order valence-electron chi connectivity index (χ4n) is 4.09. The van der Waals surface area contributed by atoms with Gasteiger partial charge >= 0.3 is 5.97 Å². The second-order valence-corrected chi connectivity index (χ2v) is 6.01. The van der Waals surface area contributed by atoms with E-state index < -0.39 is 17.8 Å². The predicted octanol–water partition coefficient (Wildman–Crippen LogP) is 2.31. The summed E-state index contributed by atoms with van der Waals surface area (Å²) in [6.45, 7) is 3.99. The van der Waals surface area contributed by atoms with Gasteiger partial charge in [0.05, 0.1) is 11.8 Å². The maximum Gasteiger partial charge on any atom is 0.307 e. The number of hydrogen-bond donors (Lipinski definition) is 2. The van der Waals surface area contributed by atoms with Crippen molar-refractivity contribution in [1.29, 1.82) is 0 Å². The van der Waals surface area contributed by atoms with E-state index in [1.165, 1.54) is 11.8 Å². The zero-order valence-electron chi connectivity index (χ0n) is 12.0. The molecule has 0 aromatic carbocycles. The van der Waals surface area contributed by atoms with Crippen LogP contribution in [0.2, 0.25) is 0 Å². The summed E-state index contributed by atoms with van der Waals surface area (Å²) in [6.07, 6.45) is 3.11. The Hall–Kier alpha value is -2.11. The van der Waals surface area contributed by atoms with Gasteiger partial charge in [-0.05, 0) is 38.5 Å². The number of fused-ring (bicyclic) bond motifs is 2. The summed E-state index contributed by atoms with van der Waals surface area (Å²) in [6, 6.07) is 1.54. The second-order valence-electron chi connectivity index (χ2n) is 6.01. The summed E-state index contributed by atoms with van der Waals surface area (Å²) in [5.41, 5.74) is 2.31. The van der Waals surface area contributed by atoms with Crippen LogP contribution in [0.25, 0.3) is 0 Å². The fourth-order valence-corrected chi connectivity index (χ4v) is 4.09.